The molecule has 0 spiro atoms. The Morgan fingerprint density at radius 3 is 3.06 bits per heavy atom. The predicted molar refractivity (Wildman–Crippen MR) is 70.7 cm³/mol. The molecule has 2 N–H and O–H groups in total. The normalized spacial score (nSPS) is 20.1. The molecular formula is C12H19N3O2S. The number of hydrogen-bond donors (Lipinski definition) is 2. The first-order valence-corrected chi connectivity index (χ1v) is 7.88. The van der Waals surface area contributed by atoms with Crippen molar-refractivity contribution in [1.29, 1.82) is 0 Å². The molecule has 0 amide bonds. The lowest BCUT2D eigenvalue weighted by Crippen LogP contribution is -2.32. The van der Waals surface area contributed by atoms with Crippen molar-refractivity contribution in [2.45, 2.75) is 12.8 Å². The lowest BCUT2D eigenvalue weighted by molar-refractivity contribution is 0.557. The molecule has 1 unspecified atom stereocenters. The summed E-state index contributed by atoms with van der Waals surface area (Å²) < 4.78 is 26.3. The first kappa shape index (κ1) is 13.5. The first-order valence-electron chi connectivity index (χ1n) is 6.23. The quantitative estimate of drug-likeness (QED) is 0.771. The van der Waals surface area contributed by atoms with E-state index in [1.807, 2.05) is 12.1 Å². The molecule has 0 radical (unpaired) electrons. The van der Waals surface area contributed by atoms with Crippen LogP contribution in [0.2, 0.25) is 0 Å². The van der Waals surface area contributed by atoms with E-state index in [1.165, 1.54) is 0 Å². The summed E-state index contributed by atoms with van der Waals surface area (Å²) in [5, 5.41) is 3.18. The van der Waals surface area contributed by atoms with Crippen LogP contribution in [0.5, 0.6) is 0 Å². The predicted octanol–water partition coefficient (Wildman–Crippen LogP) is 0.153. The largest absolute Gasteiger partial charge is 0.316 e. The Kier molecular flexibility index (Phi) is 4.68. The molecule has 2 rings (SSSR count). The summed E-state index contributed by atoms with van der Waals surface area (Å²) in [5.41, 5.74) is 1.04. The minimum atomic E-state index is -3.15. The van der Waals surface area contributed by atoms with Gasteiger partial charge in [-0.1, -0.05) is 6.07 Å². The van der Waals surface area contributed by atoms with Crippen molar-refractivity contribution in [3.63, 3.8) is 0 Å². The van der Waals surface area contributed by atoms with Gasteiger partial charge in [0.25, 0.3) is 0 Å². The Balaban J connectivity index is 1.75. The van der Waals surface area contributed by atoms with Gasteiger partial charge in [-0.2, -0.15) is 0 Å². The van der Waals surface area contributed by atoms with E-state index in [4.69, 9.17) is 0 Å². The van der Waals surface area contributed by atoms with Crippen LogP contribution in [0, 0.1) is 5.92 Å². The second-order valence-corrected chi connectivity index (χ2v) is 6.50. The Hall–Kier alpha value is -0.980. The van der Waals surface area contributed by atoms with Crippen molar-refractivity contribution < 1.29 is 8.42 Å². The van der Waals surface area contributed by atoms with Crippen LogP contribution >= 0.6 is 0 Å². The highest BCUT2D eigenvalue weighted by Crippen LogP contribution is 2.09. The third-order valence-corrected chi connectivity index (χ3v) is 4.63. The average molecular weight is 269 g/mol. The maximum Gasteiger partial charge on any atom is 0.211 e. The second-order valence-electron chi connectivity index (χ2n) is 4.65. The van der Waals surface area contributed by atoms with E-state index in [-0.39, 0.29) is 11.7 Å². The Labute approximate surface area is 108 Å². The fourth-order valence-electron chi connectivity index (χ4n) is 2.12. The van der Waals surface area contributed by atoms with E-state index in [1.54, 1.807) is 12.4 Å². The summed E-state index contributed by atoms with van der Waals surface area (Å²) in [5.74, 6) is 0.480. The molecule has 1 aliphatic rings. The lowest BCUT2D eigenvalue weighted by atomic mass is 10.2. The molecule has 5 nitrogen and oxygen atoms in total. The molecular weight excluding hydrogens is 250 g/mol. The van der Waals surface area contributed by atoms with Gasteiger partial charge in [-0.25, -0.2) is 13.1 Å². The van der Waals surface area contributed by atoms with Crippen LogP contribution < -0.4 is 10.0 Å². The number of hydrogen-bond acceptors (Lipinski definition) is 4. The highest BCUT2D eigenvalue weighted by Gasteiger charge is 2.21. The molecule has 18 heavy (non-hydrogen) atoms. The van der Waals surface area contributed by atoms with Gasteiger partial charge in [-0.05, 0) is 43.5 Å². The topological polar surface area (TPSA) is 71.1 Å². The summed E-state index contributed by atoms with van der Waals surface area (Å²) in [6, 6.07) is 3.80. The van der Waals surface area contributed by atoms with Crippen molar-refractivity contribution in [2.24, 2.45) is 5.92 Å². The average Bonchev–Trinajstić information content (AvgIpc) is 2.82. The van der Waals surface area contributed by atoms with E-state index in [9.17, 15) is 8.42 Å². The minimum absolute atomic E-state index is 0.229. The zero-order valence-electron chi connectivity index (χ0n) is 10.3. The van der Waals surface area contributed by atoms with Crippen molar-refractivity contribution in [1.82, 2.24) is 15.0 Å². The molecule has 1 aliphatic heterocycles. The van der Waals surface area contributed by atoms with Crippen molar-refractivity contribution in [3.8, 4) is 0 Å². The third kappa shape index (κ3) is 4.36. The van der Waals surface area contributed by atoms with Crippen molar-refractivity contribution in [2.75, 3.05) is 25.4 Å². The monoisotopic (exact) mass is 269 g/mol. The van der Waals surface area contributed by atoms with Gasteiger partial charge in [-0.15, -0.1) is 0 Å². The zero-order valence-corrected chi connectivity index (χ0v) is 11.1. The maximum atomic E-state index is 11.8. The van der Waals surface area contributed by atoms with E-state index in [0.717, 1.165) is 25.1 Å². The molecule has 6 heteroatoms. The molecule has 0 aromatic carbocycles. The van der Waals surface area contributed by atoms with Gasteiger partial charge in [0.1, 0.15) is 0 Å². The molecule has 1 aromatic rings. The molecule has 0 bridgehead atoms. The highest BCUT2D eigenvalue weighted by molar-refractivity contribution is 7.89. The van der Waals surface area contributed by atoms with E-state index < -0.39 is 10.0 Å². The van der Waals surface area contributed by atoms with Gasteiger partial charge in [0.05, 0.1) is 5.75 Å². The van der Waals surface area contributed by atoms with E-state index in [0.29, 0.717) is 13.0 Å². The van der Waals surface area contributed by atoms with Crippen LogP contribution in [0.4, 0.5) is 0 Å². The van der Waals surface area contributed by atoms with Gasteiger partial charge >= 0.3 is 0 Å². The fourth-order valence-corrected chi connectivity index (χ4v) is 3.56. The number of nitrogens with one attached hydrogen (secondary N) is 2. The SMILES string of the molecule is O=S(=O)(CC1CCNC1)NCCc1cccnc1. The molecule has 100 valence electrons. The van der Waals surface area contributed by atoms with E-state index >= 15 is 0 Å². The van der Waals surface area contributed by atoms with Crippen LogP contribution in [0.1, 0.15) is 12.0 Å². The molecule has 0 saturated carbocycles. The summed E-state index contributed by atoms with van der Waals surface area (Å²) in [7, 11) is -3.15. The second kappa shape index (κ2) is 6.26. The lowest BCUT2D eigenvalue weighted by Gasteiger charge is -2.10. The Morgan fingerprint density at radius 2 is 2.39 bits per heavy atom. The number of aromatic nitrogens is 1. The van der Waals surface area contributed by atoms with Crippen molar-refractivity contribution >= 4 is 10.0 Å². The molecule has 1 saturated heterocycles. The van der Waals surface area contributed by atoms with Crippen LogP contribution in [0.25, 0.3) is 0 Å². The zero-order chi connectivity index (χ0) is 12.8. The smallest absolute Gasteiger partial charge is 0.211 e. The van der Waals surface area contributed by atoms with Gasteiger partial charge < -0.3 is 5.32 Å². The van der Waals surface area contributed by atoms with Crippen molar-refractivity contribution in [3.05, 3.63) is 30.1 Å². The van der Waals surface area contributed by atoms with Crippen LogP contribution in [-0.2, 0) is 16.4 Å². The van der Waals surface area contributed by atoms with Gasteiger partial charge in [-0.3, -0.25) is 4.98 Å². The number of sulfonamides is 1. The number of pyridine rings is 1. The summed E-state index contributed by atoms with van der Waals surface area (Å²) in [6.45, 7) is 2.17. The Bertz CT molecular complexity index is 455. The van der Waals surface area contributed by atoms with Gasteiger partial charge in [0.15, 0.2) is 0 Å². The summed E-state index contributed by atoms with van der Waals surface area (Å²) >= 11 is 0. The molecule has 1 aromatic heterocycles. The van der Waals surface area contributed by atoms with Crippen LogP contribution in [-0.4, -0.2) is 38.8 Å². The standard InChI is InChI=1S/C12H19N3O2S/c16-18(17,10-12-3-6-14-9-12)15-7-4-11-2-1-5-13-8-11/h1-2,5,8,12,14-15H,3-4,6-7,9-10H2. The van der Waals surface area contributed by atoms with Crippen LogP contribution in [0.3, 0.4) is 0 Å². The summed E-state index contributed by atoms with van der Waals surface area (Å²) in [4.78, 5) is 4.00. The van der Waals surface area contributed by atoms with E-state index in [2.05, 4.69) is 15.0 Å². The molecule has 2 heterocycles. The fraction of sp³-hybridized carbons (Fsp3) is 0.583. The number of rotatable bonds is 6. The molecule has 1 atom stereocenters. The van der Waals surface area contributed by atoms with Crippen LogP contribution in [0.15, 0.2) is 24.5 Å². The Morgan fingerprint density at radius 1 is 1.50 bits per heavy atom. The van der Waals surface area contributed by atoms with Gasteiger partial charge in [0, 0.05) is 18.9 Å². The highest BCUT2D eigenvalue weighted by atomic mass is 32.2. The summed E-state index contributed by atoms with van der Waals surface area (Å²) in [6.07, 6.45) is 5.09. The third-order valence-electron chi connectivity index (χ3n) is 3.08. The molecule has 1 fully saturated rings. The first-order chi connectivity index (χ1) is 8.66. The number of nitrogens with zero attached hydrogens (tertiary/aromatic N) is 1. The molecule has 0 aliphatic carbocycles. The minimum Gasteiger partial charge on any atom is -0.316 e. The van der Waals surface area contributed by atoms with Gasteiger partial charge in [0.2, 0.25) is 10.0 Å². The maximum absolute atomic E-state index is 11.8.